The highest BCUT2D eigenvalue weighted by Crippen LogP contribution is 2.31. The van der Waals surface area contributed by atoms with Gasteiger partial charge in [0.2, 0.25) is 0 Å². The number of benzene rings is 2. The number of hydrogen-bond donors (Lipinski definition) is 2. The van der Waals surface area contributed by atoms with Crippen LogP contribution >= 0.6 is 45.8 Å². The highest BCUT2D eigenvalue weighted by atomic mass is 127. The van der Waals surface area contributed by atoms with Gasteiger partial charge >= 0.3 is 0 Å². The highest BCUT2D eigenvalue weighted by Gasteiger charge is 2.08. The number of phenols is 1. The molecule has 0 heterocycles. The van der Waals surface area contributed by atoms with Crippen LogP contribution in [-0.4, -0.2) is 5.11 Å². The van der Waals surface area contributed by atoms with Gasteiger partial charge in [0.1, 0.15) is 5.75 Å². The first-order valence-electron chi connectivity index (χ1n) is 5.23. The Morgan fingerprint density at radius 2 is 1.89 bits per heavy atom. The van der Waals surface area contributed by atoms with E-state index in [1.54, 1.807) is 6.07 Å². The van der Waals surface area contributed by atoms with Crippen molar-refractivity contribution in [2.24, 2.45) is 0 Å². The number of para-hydroxylation sites is 1. The molecule has 2 rings (SSSR count). The van der Waals surface area contributed by atoms with Crippen molar-refractivity contribution in [3.8, 4) is 5.75 Å². The van der Waals surface area contributed by atoms with Crippen molar-refractivity contribution in [2.45, 2.75) is 6.54 Å². The van der Waals surface area contributed by atoms with E-state index >= 15 is 0 Å². The molecule has 0 aliphatic carbocycles. The molecule has 2 N–H and O–H groups in total. The van der Waals surface area contributed by atoms with Crippen LogP contribution in [0.4, 0.5) is 5.69 Å². The van der Waals surface area contributed by atoms with Crippen molar-refractivity contribution in [3.05, 3.63) is 55.6 Å². The first-order chi connectivity index (χ1) is 8.58. The molecule has 2 aromatic rings. The number of nitrogens with one attached hydrogen (secondary N) is 1. The van der Waals surface area contributed by atoms with E-state index in [2.05, 4.69) is 27.9 Å². The van der Waals surface area contributed by atoms with Crippen LogP contribution in [0.25, 0.3) is 0 Å². The van der Waals surface area contributed by atoms with E-state index in [-0.39, 0.29) is 10.8 Å². The monoisotopic (exact) mass is 393 g/mol. The number of anilines is 1. The Morgan fingerprint density at radius 1 is 1.17 bits per heavy atom. The zero-order chi connectivity index (χ0) is 13.1. The molecule has 2 nitrogen and oxygen atoms in total. The lowest BCUT2D eigenvalue weighted by atomic mass is 10.2. The molecule has 0 atom stereocenters. The van der Waals surface area contributed by atoms with Crippen LogP contribution in [-0.2, 0) is 6.54 Å². The van der Waals surface area contributed by atoms with Crippen molar-refractivity contribution in [2.75, 3.05) is 5.32 Å². The topological polar surface area (TPSA) is 32.3 Å². The van der Waals surface area contributed by atoms with E-state index in [1.165, 1.54) is 6.07 Å². The summed E-state index contributed by atoms with van der Waals surface area (Å²) in [5, 5.41) is 13.9. The van der Waals surface area contributed by atoms with Crippen molar-refractivity contribution in [1.82, 2.24) is 0 Å². The zero-order valence-electron chi connectivity index (χ0n) is 9.25. The summed E-state index contributed by atoms with van der Waals surface area (Å²) in [5.41, 5.74) is 1.68. The van der Waals surface area contributed by atoms with E-state index in [1.807, 2.05) is 24.3 Å². The van der Waals surface area contributed by atoms with Gasteiger partial charge in [-0.3, -0.25) is 0 Å². The molecule has 0 fully saturated rings. The fraction of sp³-hybridized carbons (Fsp3) is 0.0769. The van der Waals surface area contributed by atoms with Crippen LogP contribution in [0.3, 0.4) is 0 Å². The van der Waals surface area contributed by atoms with Gasteiger partial charge in [-0.1, -0.05) is 35.3 Å². The number of rotatable bonds is 3. The van der Waals surface area contributed by atoms with Gasteiger partial charge in [-0.25, -0.2) is 0 Å². The van der Waals surface area contributed by atoms with Gasteiger partial charge in [0.25, 0.3) is 0 Å². The summed E-state index contributed by atoms with van der Waals surface area (Å²) >= 11 is 14.0. The Labute approximate surface area is 129 Å². The molecule has 0 aliphatic rings. The molecule has 0 amide bonds. The standard InChI is InChI=1S/C13H10Cl2INO/c14-9-5-8(13(18)10(15)6-9)7-17-12-4-2-1-3-11(12)16/h1-6,17-18H,7H2. The van der Waals surface area contributed by atoms with Gasteiger partial charge in [0.15, 0.2) is 0 Å². The minimum Gasteiger partial charge on any atom is -0.506 e. The van der Waals surface area contributed by atoms with Crippen LogP contribution < -0.4 is 5.32 Å². The molecule has 18 heavy (non-hydrogen) atoms. The maximum Gasteiger partial charge on any atom is 0.139 e. The molecular weight excluding hydrogens is 384 g/mol. The summed E-state index contributed by atoms with van der Waals surface area (Å²) in [6, 6.07) is 11.1. The Kier molecular flexibility index (Phi) is 4.59. The molecular formula is C13H10Cl2INO. The molecule has 0 radical (unpaired) electrons. The molecule has 0 spiro atoms. The smallest absolute Gasteiger partial charge is 0.139 e. The average Bonchev–Trinajstić information content (AvgIpc) is 2.33. The normalized spacial score (nSPS) is 10.4. The predicted octanol–water partition coefficient (Wildman–Crippen LogP) is 4.92. The van der Waals surface area contributed by atoms with Gasteiger partial charge in [0, 0.05) is 26.4 Å². The molecule has 0 saturated heterocycles. The van der Waals surface area contributed by atoms with Crippen LogP contribution in [0.5, 0.6) is 5.75 Å². The van der Waals surface area contributed by atoms with Crippen LogP contribution in [0.2, 0.25) is 10.0 Å². The fourth-order valence-electron chi connectivity index (χ4n) is 1.55. The second-order valence-electron chi connectivity index (χ2n) is 3.73. The first-order valence-corrected chi connectivity index (χ1v) is 7.06. The molecule has 0 saturated carbocycles. The highest BCUT2D eigenvalue weighted by molar-refractivity contribution is 14.1. The summed E-state index contributed by atoms with van der Waals surface area (Å²) in [5.74, 6) is 0.0690. The van der Waals surface area contributed by atoms with Crippen molar-refractivity contribution in [1.29, 1.82) is 0 Å². The largest absolute Gasteiger partial charge is 0.506 e. The third-order valence-electron chi connectivity index (χ3n) is 2.45. The fourth-order valence-corrected chi connectivity index (χ4v) is 2.66. The molecule has 0 bridgehead atoms. The summed E-state index contributed by atoms with van der Waals surface area (Å²) in [6.07, 6.45) is 0. The molecule has 0 aromatic heterocycles. The van der Waals surface area contributed by atoms with E-state index < -0.39 is 0 Å². The SMILES string of the molecule is Oc1c(Cl)cc(Cl)cc1CNc1ccccc1I. The first kappa shape index (κ1) is 13.8. The lowest BCUT2D eigenvalue weighted by Crippen LogP contribution is -2.01. The second-order valence-corrected chi connectivity index (χ2v) is 5.73. The second kappa shape index (κ2) is 5.99. The Balaban J connectivity index is 2.18. The third-order valence-corrected chi connectivity index (χ3v) is 3.90. The minimum absolute atomic E-state index is 0.0690. The van der Waals surface area contributed by atoms with Gasteiger partial charge in [0.05, 0.1) is 5.02 Å². The number of halogens is 3. The predicted molar refractivity (Wildman–Crippen MR) is 84.6 cm³/mol. The summed E-state index contributed by atoms with van der Waals surface area (Å²) in [6.45, 7) is 0.464. The van der Waals surface area contributed by atoms with Crippen molar-refractivity contribution < 1.29 is 5.11 Å². The molecule has 2 aromatic carbocycles. The van der Waals surface area contributed by atoms with E-state index in [0.717, 1.165) is 9.26 Å². The van der Waals surface area contributed by atoms with Gasteiger partial charge in [-0.15, -0.1) is 0 Å². The summed E-state index contributed by atoms with van der Waals surface area (Å²) in [7, 11) is 0. The third kappa shape index (κ3) is 3.22. The van der Waals surface area contributed by atoms with E-state index in [4.69, 9.17) is 23.2 Å². The average molecular weight is 394 g/mol. The maximum absolute atomic E-state index is 9.84. The molecule has 0 aliphatic heterocycles. The Bertz CT molecular complexity index is 575. The Morgan fingerprint density at radius 3 is 2.61 bits per heavy atom. The number of aromatic hydroxyl groups is 1. The van der Waals surface area contributed by atoms with Gasteiger partial charge in [-0.05, 0) is 46.9 Å². The zero-order valence-corrected chi connectivity index (χ0v) is 12.9. The molecule has 0 unspecified atom stereocenters. The van der Waals surface area contributed by atoms with Gasteiger partial charge < -0.3 is 10.4 Å². The number of hydrogen-bond acceptors (Lipinski definition) is 2. The lowest BCUT2D eigenvalue weighted by Gasteiger charge is -2.11. The molecule has 5 heteroatoms. The number of phenolic OH excluding ortho intramolecular Hbond substituents is 1. The van der Waals surface area contributed by atoms with E-state index in [9.17, 15) is 5.11 Å². The minimum atomic E-state index is 0.0690. The lowest BCUT2D eigenvalue weighted by molar-refractivity contribution is 0.469. The summed E-state index contributed by atoms with van der Waals surface area (Å²) in [4.78, 5) is 0. The van der Waals surface area contributed by atoms with E-state index in [0.29, 0.717) is 17.1 Å². The van der Waals surface area contributed by atoms with Gasteiger partial charge in [-0.2, -0.15) is 0 Å². The van der Waals surface area contributed by atoms with Crippen LogP contribution in [0, 0.1) is 3.57 Å². The van der Waals surface area contributed by atoms with Crippen molar-refractivity contribution >= 4 is 51.5 Å². The maximum atomic E-state index is 9.84. The molecule has 94 valence electrons. The quantitative estimate of drug-likeness (QED) is 0.725. The van der Waals surface area contributed by atoms with Crippen LogP contribution in [0.1, 0.15) is 5.56 Å². The summed E-state index contributed by atoms with van der Waals surface area (Å²) < 4.78 is 1.11. The Hall–Kier alpha value is -0.650. The van der Waals surface area contributed by atoms with Crippen LogP contribution in [0.15, 0.2) is 36.4 Å². The van der Waals surface area contributed by atoms with Crippen molar-refractivity contribution in [3.63, 3.8) is 0 Å².